The van der Waals surface area contributed by atoms with Crippen LogP contribution in [0, 0.1) is 0 Å². The second-order valence-electron chi connectivity index (χ2n) is 8.54. The lowest BCUT2D eigenvalue weighted by molar-refractivity contribution is -0.135. The Kier molecular flexibility index (Phi) is 6.67. The third-order valence-corrected chi connectivity index (χ3v) is 6.14. The van der Waals surface area contributed by atoms with Crippen LogP contribution in [0.25, 0.3) is 0 Å². The van der Waals surface area contributed by atoms with Gasteiger partial charge in [-0.3, -0.25) is 14.2 Å². The number of carbonyl (C=O) groups is 1. The van der Waals surface area contributed by atoms with E-state index in [2.05, 4.69) is 10.3 Å². The number of aromatic nitrogens is 2. The molecule has 4 rings (SSSR count). The number of rotatable bonds is 7. The van der Waals surface area contributed by atoms with Gasteiger partial charge in [-0.05, 0) is 31.2 Å². The maximum Gasteiger partial charge on any atom is 0.255 e. The van der Waals surface area contributed by atoms with E-state index in [9.17, 15) is 14.7 Å². The van der Waals surface area contributed by atoms with Gasteiger partial charge in [-0.25, -0.2) is 4.98 Å². The SMILES string of the molecule is O=C(CCc1ccccc1)N1CCC(O)(Cn2cnc(NC3CCOC3)cc2=O)CC1. The molecule has 2 N–H and O–H groups in total. The number of aryl methyl sites for hydroxylation is 1. The summed E-state index contributed by atoms with van der Waals surface area (Å²) in [7, 11) is 0. The first-order chi connectivity index (χ1) is 15.0. The molecule has 1 unspecified atom stereocenters. The van der Waals surface area contributed by atoms with Crippen LogP contribution in [0.15, 0.2) is 47.5 Å². The molecular weight excluding hydrogens is 396 g/mol. The van der Waals surface area contributed by atoms with Crippen LogP contribution < -0.4 is 10.9 Å². The topological polar surface area (TPSA) is 96.7 Å². The van der Waals surface area contributed by atoms with E-state index in [0.29, 0.717) is 51.4 Å². The molecule has 2 saturated heterocycles. The van der Waals surface area contributed by atoms with Gasteiger partial charge in [0, 0.05) is 32.2 Å². The molecule has 0 radical (unpaired) electrons. The maximum absolute atomic E-state index is 12.5. The van der Waals surface area contributed by atoms with Crippen molar-refractivity contribution < 1.29 is 14.6 Å². The van der Waals surface area contributed by atoms with Crippen molar-refractivity contribution in [1.82, 2.24) is 14.5 Å². The first-order valence-corrected chi connectivity index (χ1v) is 11.0. The van der Waals surface area contributed by atoms with Crippen LogP contribution in [-0.4, -0.2) is 63.4 Å². The summed E-state index contributed by atoms with van der Waals surface area (Å²) in [6.07, 6.45) is 4.44. The second-order valence-corrected chi connectivity index (χ2v) is 8.54. The number of carbonyl (C=O) groups excluding carboxylic acids is 1. The number of benzene rings is 1. The fourth-order valence-electron chi connectivity index (χ4n) is 4.18. The van der Waals surface area contributed by atoms with Gasteiger partial charge < -0.3 is 20.1 Å². The Bertz CT molecular complexity index is 932. The second kappa shape index (κ2) is 9.62. The molecule has 0 bridgehead atoms. The average Bonchev–Trinajstić information content (AvgIpc) is 3.28. The summed E-state index contributed by atoms with van der Waals surface area (Å²) < 4.78 is 6.77. The zero-order valence-electron chi connectivity index (χ0n) is 17.7. The number of nitrogens with one attached hydrogen (secondary N) is 1. The van der Waals surface area contributed by atoms with Gasteiger partial charge in [-0.15, -0.1) is 0 Å². The zero-order valence-corrected chi connectivity index (χ0v) is 17.7. The fraction of sp³-hybridized carbons (Fsp3) is 0.522. The molecule has 1 aromatic carbocycles. The molecule has 1 atom stereocenters. The van der Waals surface area contributed by atoms with Crippen LogP contribution in [0.2, 0.25) is 0 Å². The Morgan fingerprint density at radius 3 is 2.71 bits per heavy atom. The summed E-state index contributed by atoms with van der Waals surface area (Å²) in [5.41, 5.74) is -0.0727. The molecule has 31 heavy (non-hydrogen) atoms. The summed E-state index contributed by atoms with van der Waals surface area (Å²) in [5, 5.41) is 14.2. The Labute approximate surface area is 181 Å². The van der Waals surface area contributed by atoms with E-state index < -0.39 is 5.60 Å². The lowest BCUT2D eigenvalue weighted by Gasteiger charge is -2.38. The number of aliphatic hydroxyl groups is 1. The minimum atomic E-state index is -1.02. The number of amides is 1. The monoisotopic (exact) mass is 426 g/mol. The fourth-order valence-corrected chi connectivity index (χ4v) is 4.18. The van der Waals surface area contributed by atoms with Gasteiger partial charge >= 0.3 is 0 Å². The van der Waals surface area contributed by atoms with Gasteiger partial charge in [0.1, 0.15) is 5.82 Å². The predicted molar refractivity (Wildman–Crippen MR) is 117 cm³/mol. The average molecular weight is 427 g/mol. The molecule has 0 spiro atoms. The molecule has 8 heteroatoms. The number of likely N-dealkylation sites (tertiary alicyclic amines) is 1. The van der Waals surface area contributed by atoms with Crippen LogP contribution in [0.4, 0.5) is 5.82 Å². The van der Waals surface area contributed by atoms with E-state index in [-0.39, 0.29) is 24.1 Å². The molecule has 2 fully saturated rings. The molecular formula is C23H30N4O4. The van der Waals surface area contributed by atoms with E-state index in [4.69, 9.17) is 4.74 Å². The van der Waals surface area contributed by atoms with Crippen molar-refractivity contribution in [2.75, 3.05) is 31.6 Å². The number of hydrogen-bond acceptors (Lipinski definition) is 6. The van der Waals surface area contributed by atoms with Crippen molar-refractivity contribution >= 4 is 11.7 Å². The van der Waals surface area contributed by atoms with Crippen molar-refractivity contribution in [3.8, 4) is 0 Å². The van der Waals surface area contributed by atoms with Crippen LogP contribution in [0.5, 0.6) is 0 Å². The van der Waals surface area contributed by atoms with Crippen LogP contribution in [0.3, 0.4) is 0 Å². The largest absolute Gasteiger partial charge is 0.388 e. The molecule has 166 valence electrons. The van der Waals surface area contributed by atoms with Crippen LogP contribution >= 0.6 is 0 Å². The summed E-state index contributed by atoms with van der Waals surface area (Å²) in [4.78, 5) is 31.2. The Hall–Kier alpha value is -2.71. The quantitative estimate of drug-likeness (QED) is 0.695. The highest BCUT2D eigenvalue weighted by Crippen LogP contribution is 2.24. The van der Waals surface area contributed by atoms with Gasteiger partial charge in [0.2, 0.25) is 5.91 Å². The van der Waals surface area contributed by atoms with Crippen molar-refractivity contribution in [2.45, 2.75) is 50.3 Å². The summed E-state index contributed by atoms with van der Waals surface area (Å²) >= 11 is 0. The number of piperidine rings is 1. The molecule has 1 aromatic heterocycles. The first kappa shape index (κ1) is 21.5. The van der Waals surface area contributed by atoms with Gasteiger partial charge in [-0.2, -0.15) is 0 Å². The van der Waals surface area contributed by atoms with Crippen LogP contribution in [-0.2, 0) is 22.5 Å². The van der Waals surface area contributed by atoms with Crippen molar-refractivity contribution in [3.63, 3.8) is 0 Å². The predicted octanol–water partition coefficient (Wildman–Crippen LogP) is 1.43. The van der Waals surface area contributed by atoms with Gasteiger partial charge in [0.15, 0.2) is 0 Å². The number of nitrogens with zero attached hydrogens (tertiary/aromatic N) is 3. The van der Waals surface area contributed by atoms with E-state index in [1.807, 2.05) is 35.2 Å². The summed E-state index contributed by atoms with van der Waals surface area (Å²) in [5.74, 6) is 0.638. The van der Waals surface area contributed by atoms with E-state index >= 15 is 0 Å². The smallest absolute Gasteiger partial charge is 0.255 e. The highest BCUT2D eigenvalue weighted by Gasteiger charge is 2.34. The molecule has 3 heterocycles. The highest BCUT2D eigenvalue weighted by molar-refractivity contribution is 5.76. The van der Waals surface area contributed by atoms with E-state index in [0.717, 1.165) is 18.4 Å². The normalized spacial score (nSPS) is 20.5. The standard InChI is InChI=1S/C23H30N4O4/c28-21(7-6-18-4-2-1-3-5-18)26-11-9-23(30,10-12-26)16-27-17-24-20(14-22(27)29)25-19-8-13-31-15-19/h1-5,14,17,19,25,30H,6-13,15-16H2. The number of ether oxygens (including phenoxy) is 1. The van der Waals surface area contributed by atoms with E-state index in [1.54, 1.807) is 0 Å². The summed E-state index contributed by atoms with van der Waals surface area (Å²) in [6.45, 7) is 2.50. The Morgan fingerprint density at radius 2 is 2.03 bits per heavy atom. The van der Waals surface area contributed by atoms with Crippen molar-refractivity contribution in [3.05, 3.63) is 58.6 Å². The minimum Gasteiger partial charge on any atom is -0.388 e. The maximum atomic E-state index is 12.5. The molecule has 0 aliphatic carbocycles. The third-order valence-electron chi connectivity index (χ3n) is 6.14. The van der Waals surface area contributed by atoms with Crippen molar-refractivity contribution in [1.29, 1.82) is 0 Å². The molecule has 0 saturated carbocycles. The minimum absolute atomic E-state index is 0.107. The lowest BCUT2D eigenvalue weighted by atomic mass is 9.91. The molecule has 1 amide bonds. The molecule has 2 aliphatic rings. The van der Waals surface area contributed by atoms with E-state index in [1.165, 1.54) is 17.0 Å². The van der Waals surface area contributed by atoms with Crippen LogP contribution in [0.1, 0.15) is 31.2 Å². The molecule has 2 aromatic rings. The lowest BCUT2D eigenvalue weighted by Crippen LogP contribution is -2.49. The highest BCUT2D eigenvalue weighted by atomic mass is 16.5. The molecule has 8 nitrogen and oxygen atoms in total. The van der Waals surface area contributed by atoms with Crippen molar-refractivity contribution in [2.24, 2.45) is 0 Å². The molecule has 2 aliphatic heterocycles. The van der Waals surface area contributed by atoms with Gasteiger partial charge in [0.05, 0.1) is 31.1 Å². The summed E-state index contributed by atoms with van der Waals surface area (Å²) in [6, 6.07) is 11.6. The third kappa shape index (κ3) is 5.71. The van der Waals surface area contributed by atoms with Gasteiger partial charge in [0.25, 0.3) is 5.56 Å². The first-order valence-electron chi connectivity index (χ1n) is 11.0. The van der Waals surface area contributed by atoms with Gasteiger partial charge in [-0.1, -0.05) is 30.3 Å². The number of anilines is 1. The number of hydrogen-bond donors (Lipinski definition) is 2. The zero-order chi connectivity index (χ0) is 21.7. The Balaban J connectivity index is 1.28. The Morgan fingerprint density at radius 1 is 1.26 bits per heavy atom.